The molecular formula is C16H16N2. The Kier molecular flexibility index (Phi) is 2.65. The Morgan fingerprint density at radius 3 is 1.67 bits per heavy atom. The third-order valence-corrected chi connectivity index (χ3v) is 3.35. The third-order valence-electron chi connectivity index (χ3n) is 3.35. The number of hydrazine groups is 1. The van der Waals surface area contributed by atoms with E-state index >= 15 is 0 Å². The molecule has 1 aliphatic rings. The number of nitrogens with one attached hydrogen (secondary N) is 2. The van der Waals surface area contributed by atoms with Gasteiger partial charge in [-0.3, -0.25) is 0 Å². The highest BCUT2D eigenvalue weighted by molar-refractivity contribution is 5.45. The zero-order valence-electron chi connectivity index (χ0n) is 10.4. The largest absolute Gasteiger partial charge is 0.325 e. The molecule has 0 fully saturated rings. The predicted octanol–water partition coefficient (Wildman–Crippen LogP) is 2.94. The van der Waals surface area contributed by atoms with Gasteiger partial charge in [0.15, 0.2) is 0 Å². The lowest BCUT2D eigenvalue weighted by molar-refractivity contribution is 0.481. The SMILES string of the molecule is CC1=CC(c2ccccc2)(c2ccccc2)NN1. The molecule has 0 bridgehead atoms. The normalized spacial score (nSPS) is 17.1. The fourth-order valence-corrected chi connectivity index (χ4v) is 2.47. The van der Waals surface area contributed by atoms with E-state index in [9.17, 15) is 0 Å². The van der Waals surface area contributed by atoms with E-state index in [2.05, 4.69) is 72.4 Å². The Balaban J connectivity index is 2.18. The lowest BCUT2D eigenvalue weighted by Gasteiger charge is -2.28. The molecule has 2 N–H and O–H groups in total. The minimum absolute atomic E-state index is 0.271. The zero-order valence-corrected chi connectivity index (χ0v) is 10.4. The fraction of sp³-hybridized carbons (Fsp3) is 0.125. The van der Waals surface area contributed by atoms with Gasteiger partial charge in [-0.2, -0.15) is 0 Å². The lowest BCUT2D eigenvalue weighted by Crippen LogP contribution is -2.43. The molecule has 0 saturated heterocycles. The Morgan fingerprint density at radius 2 is 1.28 bits per heavy atom. The maximum atomic E-state index is 3.41. The maximum absolute atomic E-state index is 3.41. The molecule has 3 rings (SSSR count). The number of allylic oxidation sites excluding steroid dienone is 1. The summed E-state index contributed by atoms with van der Waals surface area (Å²) in [7, 11) is 0. The first-order valence-electron chi connectivity index (χ1n) is 6.15. The van der Waals surface area contributed by atoms with Crippen molar-refractivity contribution in [2.45, 2.75) is 12.5 Å². The average molecular weight is 236 g/mol. The summed E-state index contributed by atoms with van der Waals surface area (Å²) in [5.74, 6) is 0. The van der Waals surface area contributed by atoms with Gasteiger partial charge in [0.05, 0.1) is 0 Å². The Hall–Kier alpha value is -2.06. The van der Waals surface area contributed by atoms with Crippen LogP contribution in [0.4, 0.5) is 0 Å². The summed E-state index contributed by atoms with van der Waals surface area (Å²) in [6, 6.07) is 21.0. The van der Waals surface area contributed by atoms with Crippen molar-refractivity contribution in [2.75, 3.05) is 0 Å². The molecule has 0 amide bonds. The number of benzene rings is 2. The molecule has 0 aromatic heterocycles. The second kappa shape index (κ2) is 4.31. The van der Waals surface area contributed by atoms with E-state index in [0.29, 0.717) is 0 Å². The minimum Gasteiger partial charge on any atom is -0.325 e. The number of hydrogen-bond donors (Lipinski definition) is 2. The van der Waals surface area contributed by atoms with Gasteiger partial charge in [0.2, 0.25) is 0 Å². The van der Waals surface area contributed by atoms with Crippen molar-refractivity contribution in [3.63, 3.8) is 0 Å². The van der Waals surface area contributed by atoms with Gasteiger partial charge >= 0.3 is 0 Å². The molecule has 1 aliphatic heterocycles. The molecule has 0 spiro atoms. The van der Waals surface area contributed by atoms with E-state index in [4.69, 9.17) is 0 Å². The Labute approximate surface area is 107 Å². The van der Waals surface area contributed by atoms with Crippen molar-refractivity contribution in [1.29, 1.82) is 0 Å². The molecule has 90 valence electrons. The van der Waals surface area contributed by atoms with Crippen molar-refractivity contribution in [2.24, 2.45) is 0 Å². The first kappa shape index (κ1) is 11.1. The van der Waals surface area contributed by atoms with E-state index in [1.54, 1.807) is 0 Å². The van der Waals surface area contributed by atoms with Crippen LogP contribution in [0.3, 0.4) is 0 Å². The number of rotatable bonds is 2. The smallest absolute Gasteiger partial charge is 0.107 e. The molecule has 0 aliphatic carbocycles. The zero-order chi connectivity index (χ0) is 12.4. The van der Waals surface area contributed by atoms with Crippen LogP contribution in [0.2, 0.25) is 0 Å². The quantitative estimate of drug-likeness (QED) is 0.837. The average Bonchev–Trinajstić information content (AvgIpc) is 2.84. The van der Waals surface area contributed by atoms with E-state index < -0.39 is 0 Å². The molecule has 2 aromatic rings. The van der Waals surface area contributed by atoms with Crippen molar-refractivity contribution in [3.8, 4) is 0 Å². The summed E-state index contributed by atoms with van der Waals surface area (Å²) < 4.78 is 0. The van der Waals surface area contributed by atoms with Crippen LogP contribution in [0.15, 0.2) is 72.4 Å². The second-order valence-electron chi connectivity index (χ2n) is 4.62. The summed E-state index contributed by atoms with van der Waals surface area (Å²) >= 11 is 0. The van der Waals surface area contributed by atoms with Gasteiger partial charge < -0.3 is 5.43 Å². The molecule has 2 nitrogen and oxygen atoms in total. The highest BCUT2D eigenvalue weighted by Gasteiger charge is 2.35. The summed E-state index contributed by atoms with van der Waals surface area (Å²) in [6.07, 6.45) is 2.23. The van der Waals surface area contributed by atoms with Gasteiger partial charge in [-0.25, -0.2) is 5.43 Å². The van der Waals surface area contributed by atoms with E-state index in [1.165, 1.54) is 11.1 Å². The van der Waals surface area contributed by atoms with Gasteiger partial charge in [0, 0.05) is 5.70 Å². The molecule has 0 saturated carbocycles. The monoisotopic (exact) mass is 236 g/mol. The molecular weight excluding hydrogens is 220 g/mol. The second-order valence-corrected chi connectivity index (χ2v) is 4.62. The van der Waals surface area contributed by atoms with Crippen LogP contribution in [0.25, 0.3) is 0 Å². The summed E-state index contributed by atoms with van der Waals surface area (Å²) in [4.78, 5) is 0. The molecule has 1 heterocycles. The molecule has 2 aromatic carbocycles. The van der Waals surface area contributed by atoms with Crippen LogP contribution in [0, 0.1) is 0 Å². The lowest BCUT2D eigenvalue weighted by atomic mass is 9.83. The Bertz CT molecular complexity index is 519. The van der Waals surface area contributed by atoms with Crippen molar-refractivity contribution >= 4 is 0 Å². The molecule has 0 radical (unpaired) electrons. The van der Waals surface area contributed by atoms with E-state index in [0.717, 1.165) is 5.70 Å². The van der Waals surface area contributed by atoms with Gasteiger partial charge in [-0.05, 0) is 24.1 Å². The van der Waals surface area contributed by atoms with E-state index in [1.807, 2.05) is 12.1 Å². The van der Waals surface area contributed by atoms with Crippen LogP contribution in [0.5, 0.6) is 0 Å². The fourth-order valence-electron chi connectivity index (χ4n) is 2.47. The van der Waals surface area contributed by atoms with Gasteiger partial charge in [-0.1, -0.05) is 60.7 Å². The summed E-state index contributed by atoms with van der Waals surface area (Å²) in [6.45, 7) is 2.07. The van der Waals surface area contributed by atoms with Crippen LogP contribution >= 0.6 is 0 Å². The summed E-state index contributed by atoms with van der Waals surface area (Å²) in [5, 5.41) is 0. The predicted molar refractivity (Wildman–Crippen MR) is 73.7 cm³/mol. The van der Waals surface area contributed by atoms with Gasteiger partial charge in [0.25, 0.3) is 0 Å². The van der Waals surface area contributed by atoms with Crippen LogP contribution < -0.4 is 10.9 Å². The first-order chi connectivity index (χ1) is 8.81. The van der Waals surface area contributed by atoms with Crippen LogP contribution in [-0.2, 0) is 5.54 Å². The van der Waals surface area contributed by atoms with Gasteiger partial charge in [-0.15, -0.1) is 0 Å². The van der Waals surface area contributed by atoms with Crippen molar-refractivity contribution < 1.29 is 0 Å². The highest BCUT2D eigenvalue weighted by Crippen LogP contribution is 2.33. The van der Waals surface area contributed by atoms with E-state index in [-0.39, 0.29) is 5.54 Å². The van der Waals surface area contributed by atoms with Crippen molar-refractivity contribution in [3.05, 3.63) is 83.6 Å². The number of hydrogen-bond acceptors (Lipinski definition) is 2. The van der Waals surface area contributed by atoms with Crippen LogP contribution in [-0.4, -0.2) is 0 Å². The Morgan fingerprint density at radius 1 is 0.778 bits per heavy atom. The minimum atomic E-state index is -0.271. The molecule has 0 unspecified atom stereocenters. The molecule has 2 heteroatoms. The van der Waals surface area contributed by atoms with Crippen molar-refractivity contribution in [1.82, 2.24) is 10.9 Å². The maximum Gasteiger partial charge on any atom is 0.107 e. The van der Waals surface area contributed by atoms with Crippen LogP contribution in [0.1, 0.15) is 18.1 Å². The third kappa shape index (κ3) is 1.71. The molecule has 0 atom stereocenters. The van der Waals surface area contributed by atoms with Gasteiger partial charge in [0.1, 0.15) is 5.54 Å². The topological polar surface area (TPSA) is 24.1 Å². The molecule has 18 heavy (non-hydrogen) atoms. The standard InChI is InChI=1S/C16H16N2/c1-13-12-16(18-17-13,14-8-4-2-5-9-14)15-10-6-3-7-11-15/h2-12,17-18H,1H3. The first-order valence-corrected chi connectivity index (χ1v) is 6.15. The highest BCUT2D eigenvalue weighted by atomic mass is 15.4. The summed E-state index contributed by atoms with van der Waals surface area (Å²) in [5.41, 5.74) is 9.97.